The van der Waals surface area contributed by atoms with Gasteiger partial charge >= 0.3 is 0 Å². The quantitative estimate of drug-likeness (QED) is 0.642. The Kier molecular flexibility index (Phi) is 4.78. The van der Waals surface area contributed by atoms with Crippen molar-refractivity contribution < 1.29 is 13.6 Å². The molecule has 0 saturated heterocycles. The highest BCUT2D eigenvalue weighted by molar-refractivity contribution is 9.10. The lowest BCUT2D eigenvalue weighted by Crippen LogP contribution is -2.13. The summed E-state index contributed by atoms with van der Waals surface area (Å²) in [5.74, 6) is -2.21. The molecule has 0 atom stereocenters. The van der Waals surface area contributed by atoms with Gasteiger partial charge in [-0.2, -0.15) is 0 Å². The zero-order valence-electron chi connectivity index (χ0n) is 9.68. The van der Waals surface area contributed by atoms with E-state index < -0.39 is 17.5 Å². The molecule has 0 aliphatic rings. The van der Waals surface area contributed by atoms with E-state index in [1.165, 1.54) is 12.1 Å². The molecule has 1 N–H and O–H groups in total. The maximum absolute atomic E-state index is 13.6. The SMILES string of the molecule is O=C(Nc1cc(Br)c(F)cc1F)c1cc(Br)ccc1Cl. The van der Waals surface area contributed by atoms with Crippen LogP contribution in [0.3, 0.4) is 0 Å². The Bertz CT molecular complexity index is 694. The zero-order chi connectivity index (χ0) is 14.9. The Morgan fingerprint density at radius 2 is 1.80 bits per heavy atom. The molecule has 104 valence electrons. The molecule has 0 heterocycles. The maximum Gasteiger partial charge on any atom is 0.257 e. The minimum Gasteiger partial charge on any atom is -0.319 e. The van der Waals surface area contributed by atoms with Gasteiger partial charge in [0.2, 0.25) is 0 Å². The third-order valence-corrected chi connectivity index (χ3v) is 3.86. The molecular weight excluding hydrogens is 419 g/mol. The molecule has 0 radical (unpaired) electrons. The van der Waals surface area contributed by atoms with Gasteiger partial charge in [-0.05, 0) is 40.2 Å². The average Bonchev–Trinajstić information content (AvgIpc) is 2.38. The molecule has 0 unspecified atom stereocenters. The highest BCUT2D eigenvalue weighted by atomic mass is 79.9. The van der Waals surface area contributed by atoms with Gasteiger partial charge in [0.15, 0.2) is 0 Å². The molecule has 0 aromatic heterocycles. The highest BCUT2D eigenvalue weighted by Crippen LogP contribution is 2.26. The molecule has 0 fully saturated rings. The Labute approximate surface area is 135 Å². The molecule has 1 amide bonds. The molecule has 0 bridgehead atoms. The van der Waals surface area contributed by atoms with E-state index in [1.807, 2.05) is 0 Å². The molecule has 2 nitrogen and oxygen atoms in total. The normalized spacial score (nSPS) is 10.4. The van der Waals surface area contributed by atoms with Gasteiger partial charge in [0, 0.05) is 10.5 Å². The number of carbonyl (C=O) groups excluding carboxylic acids is 1. The Balaban J connectivity index is 2.32. The topological polar surface area (TPSA) is 29.1 Å². The summed E-state index contributed by atoms with van der Waals surface area (Å²) in [7, 11) is 0. The van der Waals surface area contributed by atoms with E-state index in [0.29, 0.717) is 10.5 Å². The van der Waals surface area contributed by atoms with Gasteiger partial charge in [-0.25, -0.2) is 8.78 Å². The third-order valence-electron chi connectivity index (χ3n) is 2.43. The van der Waals surface area contributed by atoms with Crippen molar-refractivity contribution in [2.75, 3.05) is 5.32 Å². The number of hydrogen-bond acceptors (Lipinski definition) is 1. The Morgan fingerprint density at radius 1 is 1.10 bits per heavy atom. The standard InChI is InChI=1S/C13H6Br2ClF2NO/c14-6-1-2-9(16)7(3-6)13(20)19-12-4-8(15)10(17)5-11(12)18/h1-5H,(H,19,20). The van der Waals surface area contributed by atoms with Crippen LogP contribution in [0.1, 0.15) is 10.4 Å². The van der Waals surface area contributed by atoms with Gasteiger partial charge in [0.25, 0.3) is 5.91 Å². The number of anilines is 1. The lowest BCUT2D eigenvalue weighted by Gasteiger charge is -2.09. The molecule has 20 heavy (non-hydrogen) atoms. The molecule has 0 saturated carbocycles. The van der Waals surface area contributed by atoms with Crippen LogP contribution in [0, 0.1) is 11.6 Å². The first-order valence-corrected chi connectivity index (χ1v) is 7.26. The van der Waals surface area contributed by atoms with Crippen molar-refractivity contribution in [1.29, 1.82) is 0 Å². The van der Waals surface area contributed by atoms with Crippen LogP contribution in [0.25, 0.3) is 0 Å². The van der Waals surface area contributed by atoms with E-state index in [0.717, 1.165) is 6.07 Å². The summed E-state index contributed by atoms with van der Waals surface area (Å²) in [5.41, 5.74) is 0.0419. The van der Waals surface area contributed by atoms with Crippen LogP contribution in [0.2, 0.25) is 5.02 Å². The largest absolute Gasteiger partial charge is 0.319 e. The minimum absolute atomic E-state index is 0.0505. The molecule has 2 aromatic carbocycles. The predicted octanol–water partition coefficient (Wildman–Crippen LogP) is 5.40. The van der Waals surface area contributed by atoms with Crippen molar-refractivity contribution in [2.45, 2.75) is 0 Å². The second-order valence-corrected chi connectivity index (χ2v) is 6.00. The van der Waals surface area contributed by atoms with Crippen molar-refractivity contribution in [1.82, 2.24) is 0 Å². The monoisotopic (exact) mass is 423 g/mol. The Hall–Kier alpha value is -0.980. The Morgan fingerprint density at radius 3 is 2.50 bits per heavy atom. The van der Waals surface area contributed by atoms with Gasteiger partial charge < -0.3 is 5.32 Å². The summed E-state index contributed by atoms with van der Waals surface area (Å²) >= 11 is 12.1. The summed E-state index contributed by atoms with van der Waals surface area (Å²) in [6.07, 6.45) is 0. The fourth-order valence-electron chi connectivity index (χ4n) is 1.48. The van der Waals surface area contributed by atoms with Gasteiger partial charge in [0.1, 0.15) is 11.6 Å². The van der Waals surface area contributed by atoms with Crippen molar-refractivity contribution >= 4 is 55.1 Å². The van der Waals surface area contributed by atoms with Gasteiger partial charge in [0.05, 0.1) is 20.7 Å². The number of hydrogen-bond donors (Lipinski definition) is 1. The third kappa shape index (κ3) is 3.37. The smallest absolute Gasteiger partial charge is 0.257 e. The zero-order valence-corrected chi connectivity index (χ0v) is 13.6. The molecule has 0 aliphatic carbocycles. The highest BCUT2D eigenvalue weighted by Gasteiger charge is 2.15. The van der Waals surface area contributed by atoms with Crippen molar-refractivity contribution in [2.24, 2.45) is 0 Å². The molecule has 7 heteroatoms. The maximum atomic E-state index is 13.6. The first kappa shape index (κ1) is 15.4. The second-order valence-electron chi connectivity index (χ2n) is 3.82. The van der Waals surface area contributed by atoms with Gasteiger partial charge in [-0.3, -0.25) is 4.79 Å². The van der Waals surface area contributed by atoms with Crippen LogP contribution >= 0.6 is 43.5 Å². The summed E-state index contributed by atoms with van der Waals surface area (Å²) in [6, 6.07) is 6.55. The van der Waals surface area contributed by atoms with Crippen molar-refractivity contribution in [3.05, 3.63) is 61.5 Å². The molecule has 2 aromatic rings. The lowest BCUT2D eigenvalue weighted by atomic mass is 10.2. The summed E-state index contributed by atoms with van der Waals surface area (Å²) in [5, 5.41) is 2.58. The predicted molar refractivity (Wildman–Crippen MR) is 81.2 cm³/mol. The van der Waals surface area contributed by atoms with Crippen LogP contribution in [0.15, 0.2) is 39.3 Å². The van der Waals surface area contributed by atoms with E-state index in [9.17, 15) is 13.6 Å². The molecule has 2 rings (SSSR count). The second kappa shape index (κ2) is 6.20. The summed E-state index contributed by atoms with van der Waals surface area (Å²) in [6.45, 7) is 0. The number of nitrogens with one attached hydrogen (secondary N) is 1. The first-order valence-electron chi connectivity index (χ1n) is 5.29. The first-order chi connectivity index (χ1) is 9.38. The van der Waals surface area contributed by atoms with Crippen LogP contribution in [-0.4, -0.2) is 5.91 Å². The van der Waals surface area contributed by atoms with Gasteiger partial charge in [-0.15, -0.1) is 0 Å². The fourth-order valence-corrected chi connectivity index (χ4v) is 2.39. The van der Waals surface area contributed by atoms with Crippen LogP contribution in [0.4, 0.5) is 14.5 Å². The molecular formula is C13H6Br2ClF2NO. The van der Waals surface area contributed by atoms with E-state index in [4.69, 9.17) is 11.6 Å². The number of carbonyl (C=O) groups is 1. The number of amides is 1. The molecule has 0 spiro atoms. The van der Waals surface area contributed by atoms with E-state index >= 15 is 0 Å². The molecule has 0 aliphatic heterocycles. The van der Waals surface area contributed by atoms with Crippen LogP contribution in [-0.2, 0) is 0 Å². The van der Waals surface area contributed by atoms with E-state index in [2.05, 4.69) is 37.2 Å². The van der Waals surface area contributed by atoms with Crippen molar-refractivity contribution in [3.63, 3.8) is 0 Å². The van der Waals surface area contributed by atoms with Crippen molar-refractivity contribution in [3.8, 4) is 0 Å². The average molecular weight is 425 g/mol. The number of benzene rings is 2. The fraction of sp³-hybridized carbons (Fsp3) is 0. The lowest BCUT2D eigenvalue weighted by molar-refractivity contribution is 0.102. The van der Waals surface area contributed by atoms with Crippen LogP contribution < -0.4 is 5.32 Å². The summed E-state index contributed by atoms with van der Waals surface area (Å²) in [4.78, 5) is 12.0. The summed E-state index contributed by atoms with van der Waals surface area (Å²) < 4.78 is 27.4. The van der Waals surface area contributed by atoms with Gasteiger partial charge in [-0.1, -0.05) is 27.5 Å². The van der Waals surface area contributed by atoms with E-state index in [-0.39, 0.29) is 20.7 Å². The number of halogens is 5. The van der Waals surface area contributed by atoms with Crippen LogP contribution in [0.5, 0.6) is 0 Å². The minimum atomic E-state index is -0.870. The number of rotatable bonds is 2. The van der Waals surface area contributed by atoms with E-state index in [1.54, 1.807) is 6.07 Å².